The first-order valence-electron chi connectivity index (χ1n) is 6.35. The van der Waals surface area contributed by atoms with Crippen LogP contribution in [0.1, 0.15) is 47.5 Å². The Hall–Kier alpha value is -0.610. The summed E-state index contributed by atoms with van der Waals surface area (Å²) >= 11 is 0. The maximum absolute atomic E-state index is 12.2. The second kappa shape index (κ2) is 4.94. The number of rotatable bonds is 4. The molecule has 0 radical (unpaired) electrons. The monoisotopic (exact) mass is 243 g/mol. The second-order valence-electron chi connectivity index (χ2n) is 5.89. The van der Waals surface area contributed by atoms with Crippen LogP contribution in [-0.4, -0.2) is 34.9 Å². The number of hydrogen-bond acceptors (Lipinski definition) is 3. The Morgan fingerprint density at radius 1 is 1.41 bits per heavy atom. The lowest BCUT2D eigenvalue weighted by atomic mass is 9.85. The Kier molecular flexibility index (Phi) is 4.20. The molecule has 17 heavy (non-hydrogen) atoms. The quantitative estimate of drug-likeness (QED) is 0.786. The van der Waals surface area contributed by atoms with Gasteiger partial charge in [-0.2, -0.15) is 0 Å². The Bertz CT molecular complexity index is 281. The van der Waals surface area contributed by atoms with E-state index in [1.807, 2.05) is 20.8 Å². The molecule has 1 aliphatic heterocycles. The fourth-order valence-electron chi connectivity index (χ4n) is 1.90. The molecular weight excluding hydrogens is 218 g/mol. The van der Waals surface area contributed by atoms with Gasteiger partial charge in [0.15, 0.2) is 0 Å². The zero-order valence-corrected chi connectivity index (χ0v) is 11.5. The molecule has 1 saturated heterocycles. The number of carbonyl (C=O) groups is 1. The van der Waals surface area contributed by atoms with E-state index in [0.29, 0.717) is 6.61 Å². The van der Waals surface area contributed by atoms with Gasteiger partial charge >= 0.3 is 0 Å². The first-order valence-corrected chi connectivity index (χ1v) is 6.35. The first kappa shape index (κ1) is 14.5. The van der Waals surface area contributed by atoms with Gasteiger partial charge in [0.25, 0.3) is 0 Å². The molecule has 0 spiro atoms. The summed E-state index contributed by atoms with van der Waals surface area (Å²) in [6.07, 6.45) is 1.64. The number of carbonyl (C=O) groups excluding carboxylic acids is 1. The minimum Gasteiger partial charge on any atom is -0.388 e. The summed E-state index contributed by atoms with van der Waals surface area (Å²) in [7, 11) is 0. The van der Waals surface area contributed by atoms with Crippen molar-refractivity contribution in [3.05, 3.63) is 0 Å². The largest absolute Gasteiger partial charge is 0.388 e. The number of hydrogen-bond donors (Lipinski definition) is 2. The van der Waals surface area contributed by atoms with E-state index in [2.05, 4.69) is 5.32 Å². The molecule has 0 aliphatic carbocycles. The van der Waals surface area contributed by atoms with E-state index in [0.717, 1.165) is 12.8 Å². The van der Waals surface area contributed by atoms with Crippen molar-refractivity contribution < 1.29 is 14.6 Å². The minimum atomic E-state index is -0.955. The van der Waals surface area contributed by atoms with Gasteiger partial charge in [-0.3, -0.25) is 4.79 Å². The molecular formula is C13H25NO3. The highest BCUT2D eigenvalue weighted by Gasteiger charge is 2.40. The van der Waals surface area contributed by atoms with Gasteiger partial charge in [0, 0.05) is 6.61 Å². The van der Waals surface area contributed by atoms with E-state index >= 15 is 0 Å². The van der Waals surface area contributed by atoms with Gasteiger partial charge in [0.1, 0.15) is 0 Å². The minimum absolute atomic E-state index is 0.0125. The van der Waals surface area contributed by atoms with Crippen LogP contribution in [0.15, 0.2) is 0 Å². The molecule has 0 aromatic heterocycles. The molecule has 1 amide bonds. The molecule has 4 nitrogen and oxygen atoms in total. The van der Waals surface area contributed by atoms with E-state index in [1.165, 1.54) is 0 Å². The van der Waals surface area contributed by atoms with Gasteiger partial charge in [-0.15, -0.1) is 0 Å². The van der Waals surface area contributed by atoms with Crippen molar-refractivity contribution in [2.45, 2.75) is 64.7 Å². The Balaban J connectivity index is 2.66. The highest BCUT2D eigenvalue weighted by molar-refractivity contribution is 5.80. The molecule has 0 aromatic carbocycles. The molecule has 1 aliphatic rings. The normalized spacial score (nSPS) is 26.0. The van der Waals surface area contributed by atoms with E-state index in [4.69, 9.17) is 4.74 Å². The van der Waals surface area contributed by atoms with Gasteiger partial charge in [-0.05, 0) is 40.5 Å². The topological polar surface area (TPSA) is 58.6 Å². The average Bonchev–Trinajstić information content (AvgIpc) is 2.62. The predicted molar refractivity (Wildman–Crippen MR) is 66.7 cm³/mol. The molecule has 1 heterocycles. The summed E-state index contributed by atoms with van der Waals surface area (Å²) in [5.41, 5.74) is -1.60. The smallest absolute Gasteiger partial charge is 0.226 e. The molecule has 2 unspecified atom stereocenters. The van der Waals surface area contributed by atoms with Crippen LogP contribution < -0.4 is 5.32 Å². The highest BCUT2D eigenvalue weighted by atomic mass is 16.5. The van der Waals surface area contributed by atoms with Crippen molar-refractivity contribution in [2.75, 3.05) is 6.61 Å². The van der Waals surface area contributed by atoms with Crippen LogP contribution in [-0.2, 0) is 9.53 Å². The molecule has 100 valence electrons. The summed E-state index contributed by atoms with van der Waals surface area (Å²) in [5, 5.41) is 12.9. The number of nitrogens with one attached hydrogen (secondary N) is 1. The van der Waals surface area contributed by atoms with E-state index in [1.54, 1.807) is 13.8 Å². The fourth-order valence-corrected chi connectivity index (χ4v) is 1.90. The lowest BCUT2D eigenvalue weighted by Gasteiger charge is -2.39. The van der Waals surface area contributed by atoms with E-state index in [-0.39, 0.29) is 17.9 Å². The number of aliphatic hydroxyl groups is 1. The maximum Gasteiger partial charge on any atom is 0.226 e. The van der Waals surface area contributed by atoms with Crippen molar-refractivity contribution in [1.82, 2.24) is 5.32 Å². The van der Waals surface area contributed by atoms with Gasteiger partial charge in [-0.1, -0.05) is 6.92 Å². The summed E-state index contributed by atoms with van der Waals surface area (Å²) in [6, 6.07) is 0. The Labute approximate surface area is 104 Å². The van der Waals surface area contributed by atoms with Crippen LogP contribution in [0.4, 0.5) is 0 Å². The molecule has 0 bridgehead atoms. The average molecular weight is 243 g/mol. The lowest BCUT2D eigenvalue weighted by Crippen LogP contribution is -2.59. The third-order valence-corrected chi connectivity index (χ3v) is 3.91. The van der Waals surface area contributed by atoms with Crippen molar-refractivity contribution in [3.63, 3.8) is 0 Å². The molecule has 1 fully saturated rings. The van der Waals surface area contributed by atoms with Crippen molar-refractivity contribution in [1.29, 1.82) is 0 Å². The van der Waals surface area contributed by atoms with Gasteiger partial charge in [0.05, 0.1) is 23.2 Å². The summed E-state index contributed by atoms with van der Waals surface area (Å²) in [5.74, 6) is -0.0944. The van der Waals surface area contributed by atoms with Crippen LogP contribution in [0.3, 0.4) is 0 Å². The Morgan fingerprint density at radius 2 is 2.00 bits per heavy atom. The van der Waals surface area contributed by atoms with E-state index < -0.39 is 11.1 Å². The van der Waals surface area contributed by atoms with Crippen LogP contribution in [0.5, 0.6) is 0 Å². The van der Waals surface area contributed by atoms with Crippen molar-refractivity contribution >= 4 is 5.91 Å². The molecule has 0 saturated carbocycles. The molecule has 2 N–H and O–H groups in total. The zero-order valence-electron chi connectivity index (χ0n) is 11.5. The zero-order chi connectivity index (χ0) is 13.3. The third kappa shape index (κ3) is 3.19. The fraction of sp³-hybridized carbons (Fsp3) is 0.923. The molecule has 4 heteroatoms. The van der Waals surface area contributed by atoms with Crippen LogP contribution >= 0.6 is 0 Å². The van der Waals surface area contributed by atoms with Crippen LogP contribution in [0, 0.1) is 5.92 Å². The molecule has 1 rings (SSSR count). The predicted octanol–water partition coefficient (Wildman–Crippen LogP) is 1.47. The Morgan fingerprint density at radius 3 is 2.47 bits per heavy atom. The van der Waals surface area contributed by atoms with Crippen LogP contribution in [0.25, 0.3) is 0 Å². The lowest BCUT2D eigenvalue weighted by molar-refractivity contribution is -0.131. The van der Waals surface area contributed by atoms with Gasteiger partial charge in [0.2, 0.25) is 5.91 Å². The highest BCUT2D eigenvalue weighted by Crippen LogP contribution is 2.26. The summed E-state index contributed by atoms with van der Waals surface area (Å²) in [4.78, 5) is 12.2. The molecule has 0 aromatic rings. The van der Waals surface area contributed by atoms with Crippen molar-refractivity contribution in [2.24, 2.45) is 5.92 Å². The second-order valence-corrected chi connectivity index (χ2v) is 5.89. The first-order chi connectivity index (χ1) is 7.69. The van der Waals surface area contributed by atoms with E-state index in [9.17, 15) is 9.90 Å². The number of amides is 1. The molecule has 2 atom stereocenters. The summed E-state index contributed by atoms with van der Waals surface area (Å²) < 4.78 is 5.51. The number of ether oxygens (including phenoxy) is 1. The van der Waals surface area contributed by atoms with Gasteiger partial charge < -0.3 is 15.2 Å². The van der Waals surface area contributed by atoms with Crippen molar-refractivity contribution in [3.8, 4) is 0 Å². The van der Waals surface area contributed by atoms with Gasteiger partial charge in [-0.25, -0.2) is 0 Å². The SMILES string of the molecule is CCC1OCCC1C(=O)NC(C)(C)C(C)(C)O. The maximum atomic E-state index is 12.2. The third-order valence-electron chi connectivity index (χ3n) is 3.91. The van der Waals surface area contributed by atoms with Crippen LogP contribution in [0.2, 0.25) is 0 Å². The summed E-state index contributed by atoms with van der Waals surface area (Å²) in [6.45, 7) is 9.76. The standard InChI is InChI=1S/C13H25NO3/c1-6-10-9(7-8-17-10)11(15)14-12(2,3)13(4,5)16/h9-10,16H,6-8H2,1-5H3,(H,14,15).